The number of rotatable bonds is 3. The summed E-state index contributed by atoms with van der Waals surface area (Å²) in [6.07, 6.45) is 5.89. The van der Waals surface area contributed by atoms with Crippen LogP contribution >= 0.6 is 0 Å². The average molecular weight is 264 g/mol. The second-order valence-electron chi connectivity index (χ2n) is 6.04. The molecule has 2 nitrogen and oxygen atoms in total. The van der Waals surface area contributed by atoms with Gasteiger partial charge in [0.2, 0.25) is 0 Å². The topological polar surface area (TPSA) is 29.3 Å². The molecular formula is C16H25FN2. The van der Waals surface area contributed by atoms with Crippen LogP contribution in [-0.4, -0.2) is 24.5 Å². The lowest BCUT2D eigenvalue weighted by molar-refractivity contribution is 0.0710. The van der Waals surface area contributed by atoms with Crippen molar-refractivity contribution in [3.05, 3.63) is 35.1 Å². The minimum atomic E-state index is -0.194. The first-order valence-corrected chi connectivity index (χ1v) is 7.16. The Hall–Kier alpha value is -0.930. The normalized spacial score (nSPS) is 20.5. The highest BCUT2D eigenvalue weighted by Gasteiger charge is 2.41. The Morgan fingerprint density at radius 2 is 1.84 bits per heavy atom. The van der Waals surface area contributed by atoms with Gasteiger partial charge in [-0.15, -0.1) is 0 Å². The Kier molecular flexibility index (Phi) is 4.26. The van der Waals surface area contributed by atoms with Crippen LogP contribution in [0.25, 0.3) is 0 Å². The second kappa shape index (κ2) is 5.59. The largest absolute Gasteiger partial charge is 0.322 e. The lowest BCUT2D eigenvalue weighted by Crippen LogP contribution is -2.53. The van der Waals surface area contributed by atoms with Gasteiger partial charge in [-0.3, -0.25) is 0 Å². The standard InChI is InChI=1S/C16H25FN2/c1-12-7-8-13(17)11-14(12)15(18)16(19(2)3)9-5-4-6-10-16/h7-8,11,15H,4-6,9-10,18H2,1-3H3. The highest BCUT2D eigenvalue weighted by molar-refractivity contribution is 5.32. The van der Waals surface area contributed by atoms with Crippen LogP contribution in [0.15, 0.2) is 18.2 Å². The van der Waals surface area contributed by atoms with Gasteiger partial charge in [-0.05, 0) is 57.1 Å². The Morgan fingerprint density at radius 3 is 2.42 bits per heavy atom. The summed E-state index contributed by atoms with van der Waals surface area (Å²) >= 11 is 0. The third-order valence-corrected chi connectivity index (χ3v) is 4.77. The van der Waals surface area contributed by atoms with Gasteiger partial charge in [0.25, 0.3) is 0 Å². The van der Waals surface area contributed by atoms with Crippen LogP contribution in [0.3, 0.4) is 0 Å². The van der Waals surface area contributed by atoms with E-state index in [1.807, 2.05) is 13.0 Å². The van der Waals surface area contributed by atoms with Crippen LogP contribution in [-0.2, 0) is 0 Å². The SMILES string of the molecule is Cc1ccc(F)cc1C(N)C1(N(C)C)CCCCC1. The molecule has 0 amide bonds. The van der Waals surface area contributed by atoms with Gasteiger partial charge in [-0.1, -0.05) is 25.3 Å². The fourth-order valence-corrected chi connectivity index (χ4v) is 3.44. The molecule has 1 saturated carbocycles. The zero-order valence-corrected chi connectivity index (χ0v) is 12.2. The first kappa shape index (κ1) is 14.5. The fraction of sp³-hybridized carbons (Fsp3) is 0.625. The molecule has 1 unspecified atom stereocenters. The summed E-state index contributed by atoms with van der Waals surface area (Å²) in [7, 11) is 4.19. The molecule has 0 saturated heterocycles. The van der Waals surface area contributed by atoms with Gasteiger partial charge < -0.3 is 10.6 Å². The molecule has 2 N–H and O–H groups in total. The third-order valence-electron chi connectivity index (χ3n) is 4.77. The van der Waals surface area contributed by atoms with Crippen LogP contribution in [0.5, 0.6) is 0 Å². The maximum absolute atomic E-state index is 13.5. The van der Waals surface area contributed by atoms with E-state index in [1.54, 1.807) is 6.07 Å². The smallest absolute Gasteiger partial charge is 0.123 e. The molecule has 0 radical (unpaired) electrons. The first-order chi connectivity index (χ1) is 8.97. The van der Waals surface area contributed by atoms with Crippen molar-refractivity contribution in [2.45, 2.75) is 50.6 Å². The lowest BCUT2D eigenvalue weighted by Gasteiger charge is -2.47. The van der Waals surface area contributed by atoms with E-state index in [0.29, 0.717) is 0 Å². The molecule has 19 heavy (non-hydrogen) atoms. The third kappa shape index (κ3) is 2.67. The van der Waals surface area contributed by atoms with Crippen molar-refractivity contribution < 1.29 is 4.39 Å². The number of halogens is 1. The number of aryl methyl sites for hydroxylation is 1. The molecule has 1 aromatic rings. The first-order valence-electron chi connectivity index (χ1n) is 7.16. The van der Waals surface area contributed by atoms with Crippen molar-refractivity contribution in [1.29, 1.82) is 0 Å². The van der Waals surface area contributed by atoms with Gasteiger partial charge in [0.05, 0.1) is 0 Å². The van der Waals surface area contributed by atoms with Crippen molar-refractivity contribution in [2.75, 3.05) is 14.1 Å². The molecule has 1 aromatic carbocycles. The number of likely N-dealkylation sites (N-methyl/N-ethyl adjacent to an activating group) is 1. The zero-order valence-electron chi connectivity index (χ0n) is 12.2. The van der Waals surface area contributed by atoms with E-state index in [1.165, 1.54) is 25.3 Å². The van der Waals surface area contributed by atoms with Gasteiger partial charge >= 0.3 is 0 Å². The molecule has 1 aliphatic carbocycles. The summed E-state index contributed by atoms with van der Waals surface area (Å²) in [5, 5.41) is 0. The minimum Gasteiger partial charge on any atom is -0.322 e. The van der Waals surface area contributed by atoms with E-state index in [-0.39, 0.29) is 17.4 Å². The van der Waals surface area contributed by atoms with Crippen LogP contribution < -0.4 is 5.73 Å². The fourth-order valence-electron chi connectivity index (χ4n) is 3.44. The maximum atomic E-state index is 13.5. The van der Waals surface area contributed by atoms with Crippen LogP contribution in [0, 0.1) is 12.7 Å². The van der Waals surface area contributed by atoms with Crippen LogP contribution in [0.2, 0.25) is 0 Å². The van der Waals surface area contributed by atoms with Crippen molar-refractivity contribution >= 4 is 0 Å². The molecule has 0 heterocycles. The van der Waals surface area contributed by atoms with E-state index in [9.17, 15) is 4.39 Å². The summed E-state index contributed by atoms with van der Waals surface area (Å²) in [6, 6.07) is 4.82. The number of hydrogen-bond acceptors (Lipinski definition) is 2. The predicted molar refractivity (Wildman–Crippen MR) is 77.6 cm³/mol. The van der Waals surface area contributed by atoms with E-state index in [0.717, 1.165) is 24.0 Å². The number of hydrogen-bond donors (Lipinski definition) is 1. The summed E-state index contributed by atoms with van der Waals surface area (Å²) in [5.41, 5.74) is 8.57. The molecule has 0 spiro atoms. The van der Waals surface area contributed by atoms with E-state index in [2.05, 4.69) is 19.0 Å². The van der Waals surface area contributed by atoms with E-state index >= 15 is 0 Å². The summed E-state index contributed by atoms with van der Waals surface area (Å²) in [6.45, 7) is 2.01. The molecular weight excluding hydrogens is 239 g/mol. The van der Waals surface area contributed by atoms with Crippen molar-refractivity contribution in [3.8, 4) is 0 Å². The van der Waals surface area contributed by atoms with Crippen LogP contribution in [0.4, 0.5) is 4.39 Å². The average Bonchev–Trinajstić information content (AvgIpc) is 2.41. The van der Waals surface area contributed by atoms with Crippen molar-refractivity contribution in [2.24, 2.45) is 5.73 Å². The van der Waals surface area contributed by atoms with Gasteiger partial charge in [0, 0.05) is 11.6 Å². The maximum Gasteiger partial charge on any atom is 0.123 e. The zero-order chi connectivity index (χ0) is 14.0. The Bertz CT molecular complexity index is 436. The van der Waals surface area contributed by atoms with Gasteiger partial charge in [0.1, 0.15) is 5.82 Å². The summed E-state index contributed by atoms with van der Waals surface area (Å²) in [5.74, 6) is -0.194. The molecule has 0 aliphatic heterocycles. The molecule has 3 heteroatoms. The second-order valence-corrected chi connectivity index (χ2v) is 6.04. The van der Waals surface area contributed by atoms with Crippen molar-refractivity contribution in [3.63, 3.8) is 0 Å². The Balaban J connectivity index is 2.39. The predicted octanol–water partition coefficient (Wildman–Crippen LogP) is 3.40. The lowest BCUT2D eigenvalue weighted by atomic mass is 9.73. The molecule has 1 aliphatic rings. The molecule has 1 atom stereocenters. The number of benzene rings is 1. The Morgan fingerprint density at radius 1 is 1.21 bits per heavy atom. The number of nitrogens with zero attached hydrogens (tertiary/aromatic N) is 1. The van der Waals surface area contributed by atoms with E-state index < -0.39 is 0 Å². The molecule has 0 bridgehead atoms. The Labute approximate surface area is 115 Å². The quantitative estimate of drug-likeness (QED) is 0.906. The van der Waals surface area contributed by atoms with Gasteiger partial charge in [-0.2, -0.15) is 0 Å². The van der Waals surface area contributed by atoms with Gasteiger partial charge in [0.15, 0.2) is 0 Å². The molecule has 0 aromatic heterocycles. The van der Waals surface area contributed by atoms with E-state index in [4.69, 9.17) is 5.73 Å². The monoisotopic (exact) mass is 264 g/mol. The molecule has 2 rings (SSSR count). The molecule has 1 fully saturated rings. The summed E-state index contributed by atoms with van der Waals surface area (Å²) in [4.78, 5) is 2.25. The van der Waals surface area contributed by atoms with Crippen LogP contribution in [0.1, 0.15) is 49.3 Å². The van der Waals surface area contributed by atoms with Crippen molar-refractivity contribution in [1.82, 2.24) is 4.90 Å². The minimum absolute atomic E-state index is 0.0309. The highest BCUT2D eigenvalue weighted by Crippen LogP contribution is 2.41. The number of nitrogens with two attached hydrogens (primary N) is 1. The highest BCUT2D eigenvalue weighted by atomic mass is 19.1. The summed E-state index contributed by atoms with van der Waals surface area (Å²) < 4.78 is 13.5. The van der Waals surface area contributed by atoms with Gasteiger partial charge in [-0.25, -0.2) is 4.39 Å². The molecule has 106 valence electrons.